The van der Waals surface area contributed by atoms with Crippen LogP contribution in [0.2, 0.25) is 0 Å². The predicted molar refractivity (Wildman–Crippen MR) is 93.5 cm³/mol. The van der Waals surface area contributed by atoms with Gasteiger partial charge in [0.05, 0.1) is 14.2 Å². The number of carbonyl (C=O) groups excluding carboxylic acids is 1. The zero-order valence-corrected chi connectivity index (χ0v) is 14.7. The van der Waals surface area contributed by atoms with Crippen LogP contribution in [0.15, 0.2) is 36.4 Å². The summed E-state index contributed by atoms with van der Waals surface area (Å²) >= 11 is 0. The molecule has 0 bridgehead atoms. The molecule has 0 aromatic heterocycles. The molecule has 0 aliphatic rings. The molecule has 3 nitrogen and oxygen atoms in total. The number of rotatable bonds is 5. The van der Waals surface area contributed by atoms with Gasteiger partial charge in [0.1, 0.15) is 17.1 Å². The van der Waals surface area contributed by atoms with E-state index in [2.05, 4.69) is 0 Å². The van der Waals surface area contributed by atoms with Crippen LogP contribution in [0.5, 0.6) is 11.5 Å². The van der Waals surface area contributed by atoms with Gasteiger partial charge in [-0.05, 0) is 44.9 Å². The van der Waals surface area contributed by atoms with Gasteiger partial charge < -0.3 is 9.47 Å². The number of carbonyl (C=O) groups is 1. The van der Waals surface area contributed by atoms with Crippen LogP contribution in [0.4, 0.5) is 0 Å². The molecule has 0 amide bonds. The van der Waals surface area contributed by atoms with Crippen molar-refractivity contribution in [3.8, 4) is 11.5 Å². The molecule has 2 rings (SSSR count). The second kappa shape index (κ2) is 8.39. The molecule has 1 unspecified atom stereocenters. The molecule has 2 aromatic rings. The minimum atomic E-state index is 0. The van der Waals surface area contributed by atoms with E-state index in [0.717, 1.165) is 16.4 Å². The first-order chi connectivity index (χ1) is 10.1. The summed E-state index contributed by atoms with van der Waals surface area (Å²) in [4.78, 5) is 12.7. The van der Waals surface area contributed by atoms with Gasteiger partial charge in [-0.3, -0.25) is 4.79 Å². The van der Waals surface area contributed by atoms with Gasteiger partial charge >= 0.3 is 0 Å². The fourth-order valence-electron chi connectivity index (χ4n) is 2.40. The molecule has 0 saturated carbocycles. The first-order valence-corrected chi connectivity index (χ1v) is 7.67. The first-order valence-electron chi connectivity index (χ1n) is 6.67. The largest absolute Gasteiger partial charge is 0.496 e. The van der Waals surface area contributed by atoms with Crippen LogP contribution in [-0.2, 0) is 0 Å². The Balaban J connectivity index is 0.00000242. The van der Waals surface area contributed by atoms with Crippen LogP contribution in [0.3, 0.4) is 0 Å². The van der Waals surface area contributed by atoms with Crippen molar-refractivity contribution in [3.05, 3.63) is 53.1 Å². The summed E-state index contributed by atoms with van der Waals surface area (Å²) in [5, 5.41) is 1.01. The number of benzene rings is 2. The quantitative estimate of drug-likeness (QED) is 0.629. The third-order valence-electron chi connectivity index (χ3n) is 3.27. The Bertz CT molecular complexity index is 628. The third kappa shape index (κ3) is 3.93. The minimum Gasteiger partial charge on any atom is -0.496 e. The van der Waals surface area contributed by atoms with Gasteiger partial charge in [0.15, 0.2) is 5.52 Å². The Kier molecular flexibility index (Phi) is 7.17. The summed E-state index contributed by atoms with van der Waals surface area (Å²) in [6.45, 7) is 3.88. The molecular formula is C17H19LiO3P. The van der Waals surface area contributed by atoms with Crippen molar-refractivity contribution in [1.82, 2.24) is 0 Å². The summed E-state index contributed by atoms with van der Waals surface area (Å²) < 4.78 is 10.9. The molecule has 111 valence electrons. The van der Waals surface area contributed by atoms with Gasteiger partial charge in [-0.25, -0.2) is 0 Å². The van der Waals surface area contributed by atoms with Crippen LogP contribution < -0.4 is 14.8 Å². The van der Waals surface area contributed by atoms with Crippen LogP contribution in [0, 0.1) is 13.8 Å². The van der Waals surface area contributed by atoms with Crippen molar-refractivity contribution in [3.63, 3.8) is 0 Å². The molecule has 2 aromatic carbocycles. The summed E-state index contributed by atoms with van der Waals surface area (Å²) in [5.74, 6) is 1.21. The predicted octanol–water partition coefficient (Wildman–Crippen LogP) is 3.08. The molecule has 0 aliphatic heterocycles. The molecule has 0 spiro atoms. The van der Waals surface area contributed by atoms with E-state index in [-0.39, 0.29) is 33.0 Å². The number of methoxy groups -OCH3 is 2. The zero-order chi connectivity index (χ0) is 15.4. The Hall–Kier alpha value is -1.26. The van der Waals surface area contributed by atoms with E-state index in [1.54, 1.807) is 14.2 Å². The van der Waals surface area contributed by atoms with Crippen molar-refractivity contribution >= 4 is 38.3 Å². The van der Waals surface area contributed by atoms with Gasteiger partial charge in [-0.2, -0.15) is 0 Å². The number of aryl methyl sites for hydroxylation is 2. The maximum absolute atomic E-state index is 12.7. The Morgan fingerprint density at radius 1 is 0.955 bits per heavy atom. The number of ether oxygens (including phenoxy) is 2. The van der Waals surface area contributed by atoms with Crippen molar-refractivity contribution < 1.29 is 14.3 Å². The van der Waals surface area contributed by atoms with E-state index in [9.17, 15) is 4.79 Å². The molecule has 0 heterocycles. The Morgan fingerprint density at radius 2 is 1.45 bits per heavy atom. The van der Waals surface area contributed by atoms with Crippen LogP contribution in [0.1, 0.15) is 21.5 Å². The molecule has 0 fully saturated rings. The van der Waals surface area contributed by atoms with E-state index in [1.165, 1.54) is 0 Å². The number of hydrogen-bond acceptors (Lipinski definition) is 3. The van der Waals surface area contributed by atoms with Gasteiger partial charge in [0.2, 0.25) is 0 Å². The van der Waals surface area contributed by atoms with Crippen LogP contribution in [-0.4, -0.2) is 38.6 Å². The van der Waals surface area contributed by atoms with Gasteiger partial charge in [0, 0.05) is 18.9 Å². The zero-order valence-electron chi connectivity index (χ0n) is 13.7. The maximum Gasteiger partial charge on any atom is 0.193 e. The summed E-state index contributed by atoms with van der Waals surface area (Å²) in [6, 6.07) is 11.7. The van der Waals surface area contributed by atoms with E-state index in [0.29, 0.717) is 17.1 Å². The smallest absolute Gasteiger partial charge is 0.193 e. The second-order valence-corrected chi connectivity index (χ2v) is 6.05. The van der Waals surface area contributed by atoms with E-state index in [4.69, 9.17) is 9.47 Å². The summed E-state index contributed by atoms with van der Waals surface area (Å²) in [7, 11) is 3.21. The van der Waals surface area contributed by atoms with Gasteiger partial charge in [0.25, 0.3) is 0 Å². The van der Waals surface area contributed by atoms with Crippen molar-refractivity contribution in [1.29, 1.82) is 0 Å². The van der Waals surface area contributed by atoms with E-state index in [1.807, 2.05) is 50.2 Å². The average Bonchev–Trinajstić information content (AvgIpc) is 2.47. The topological polar surface area (TPSA) is 35.5 Å². The standard InChI is InChI=1S/C17H19O3P.Li/c1-11-10-12(2)16(20-4)14(15(11)19-3)17(18)21-13-8-6-5-7-9-13;/h5-10,21H,1-4H3;. The molecule has 1 radical (unpaired) electrons. The molecule has 0 aliphatic carbocycles. The molecule has 22 heavy (non-hydrogen) atoms. The first kappa shape index (κ1) is 18.8. The fourth-order valence-corrected chi connectivity index (χ4v) is 3.37. The van der Waals surface area contributed by atoms with Crippen LogP contribution >= 0.6 is 8.58 Å². The normalized spacial score (nSPS) is 10.4. The minimum absolute atomic E-state index is 0. The van der Waals surface area contributed by atoms with Crippen molar-refractivity contribution in [2.75, 3.05) is 14.2 Å². The molecular weight excluding hydrogens is 290 g/mol. The maximum atomic E-state index is 12.7. The van der Waals surface area contributed by atoms with E-state index >= 15 is 0 Å². The fraction of sp³-hybridized carbons (Fsp3) is 0.235. The SMILES string of the molecule is COc1c(C)cc(C)c(OC)c1C(=O)Pc1ccccc1.[Li]. The summed E-state index contributed by atoms with van der Waals surface area (Å²) in [5.41, 5.74) is 2.45. The Labute approximate surface area is 145 Å². The monoisotopic (exact) mass is 309 g/mol. The van der Waals surface area contributed by atoms with Crippen LogP contribution in [0.25, 0.3) is 0 Å². The second-order valence-electron chi connectivity index (χ2n) is 4.77. The van der Waals surface area contributed by atoms with Crippen molar-refractivity contribution in [2.24, 2.45) is 0 Å². The third-order valence-corrected chi connectivity index (χ3v) is 4.37. The van der Waals surface area contributed by atoms with E-state index < -0.39 is 0 Å². The molecule has 5 heteroatoms. The molecule has 1 atom stereocenters. The van der Waals surface area contributed by atoms with Gasteiger partial charge in [-0.1, -0.05) is 30.3 Å². The molecule has 0 saturated heterocycles. The number of hydrogen-bond donors (Lipinski definition) is 0. The summed E-state index contributed by atoms with van der Waals surface area (Å²) in [6.07, 6.45) is 0. The Morgan fingerprint density at radius 3 is 1.91 bits per heavy atom. The van der Waals surface area contributed by atoms with Crippen molar-refractivity contribution in [2.45, 2.75) is 13.8 Å². The average molecular weight is 309 g/mol. The molecule has 0 N–H and O–H groups in total. The van der Waals surface area contributed by atoms with Gasteiger partial charge in [-0.15, -0.1) is 0 Å².